The molecular weight excluding hydrogens is 194 g/mol. The maximum atomic E-state index is 8.73. The van der Waals surface area contributed by atoms with E-state index >= 15 is 0 Å². The van der Waals surface area contributed by atoms with E-state index in [2.05, 4.69) is 4.98 Å². The second-order valence-electron chi connectivity index (χ2n) is 3.57. The molecule has 1 heterocycles. The van der Waals surface area contributed by atoms with E-state index in [-0.39, 0.29) is 13.2 Å². The van der Waals surface area contributed by atoms with E-state index in [0.717, 1.165) is 17.9 Å². The summed E-state index contributed by atoms with van der Waals surface area (Å²) < 4.78 is 1.81. The molecule has 0 unspecified atom stereocenters. The van der Waals surface area contributed by atoms with Crippen molar-refractivity contribution in [1.82, 2.24) is 14.5 Å². The Bertz CT molecular complexity index is 252. The molecule has 0 saturated carbocycles. The highest BCUT2D eigenvalue weighted by Gasteiger charge is 1.99. The van der Waals surface area contributed by atoms with E-state index in [9.17, 15) is 0 Å². The lowest BCUT2D eigenvalue weighted by atomic mass is 10.4. The first-order chi connectivity index (χ1) is 7.02. The van der Waals surface area contributed by atoms with Gasteiger partial charge in [0.1, 0.15) is 0 Å². The molecule has 5 nitrogen and oxygen atoms in total. The average Bonchev–Trinajstić information content (AvgIpc) is 2.46. The first-order valence-electron chi connectivity index (χ1n) is 4.86. The molecule has 0 spiro atoms. The lowest BCUT2D eigenvalue weighted by Gasteiger charge is -2.03. The number of aliphatic hydroxyl groups is 2. The van der Waals surface area contributed by atoms with Crippen molar-refractivity contribution in [1.29, 1.82) is 0 Å². The predicted octanol–water partition coefficient (Wildman–Crippen LogP) is -0.239. The molecular formula is C10H21N3O2. The van der Waals surface area contributed by atoms with Crippen molar-refractivity contribution in [2.45, 2.75) is 13.5 Å². The number of hydrogen-bond acceptors (Lipinski definition) is 4. The van der Waals surface area contributed by atoms with Crippen molar-refractivity contribution in [3.63, 3.8) is 0 Å². The second-order valence-corrected chi connectivity index (χ2v) is 3.57. The zero-order valence-corrected chi connectivity index (χ0v) is 9.93. The monoisotopic (exact) mass is 215 g/mol. The fourth-order valence-corrected chi connectivity index (χ4v) is 0.999. The molecule has 0 aliphatic heterocycles. The van der Waals surface area contributed by atoms with E-state index in [0.29, 0.717) is 0 Å². The molecule has 1 aromatic rings. The van der Waals surface area contributed by atoms with Crippen molar-refractivity contribution in [2.24, 2.45) is 7.05 Å². The van der Waals surface area contributed by atoms with Gasteiger partial charge in [-0.25, -0.2) is 4.98 Å². The number of aryl methyl sites for hydroxylation is 2. The number of rotatable bonds is 3. The normalized spacial score (nSPS) is 10.1. The topological polar surface area (TPSA) is 61.5 Å². The molecule has 5 heteroatoms. The van der Waals surface area contributed by atoms with Crippen LogP contribution in [-0.2, 0) is 13.7 Å². The summed E-state index contributed by atoms with van der Waals surface area (Å²) in [4.78, 5) is 5.92. The molecule has 15 heavy (non-hydrogen) atoms. The van der Waals surface area contributed by atoms with Crippen molar-refractivity contribution in [3.8, 4) is 0 Å². The number of imidazole rings is 1. The first kappa shape index (κ1) is 14.1. The highest BCUT2D eigenvalue weighted by molar-refractivity contribution is 5.08. The van der Waals surface area contributed by atoms with Crippen LogP contribution in [0.1, 0.15) is 11.4 Å². The van der Waals surface area contributed by atoms with Gasteiger partial charge in [-0.15, -0.1) is 0 Å². The molecule has 0 atom stereocenters. The Labute approximate surface area is 91.0 Å². The van der Waals surface area contributed by atoms with E-state index in [1.54, 1.807) is 6.33 Å². The Kier molecular flexibility index (Phi) is 6.94. The molecule has 88 valence electrons. The number of aliphatic hydroxyl groups excluding tert-OH is 2. The molecule has 0 aliphatic carbocycles. The minimum Gasteiger partial charge on any atom is -0.395 e. The molecule has 0 fully saturated rings. The summed E-state index contributed by atoms with van der Waals surface area (Å²) in [6.07, 6.45) is 1.70. The molecule has 0 amide bonds. The van der Waals surface area contributed by atoms with Crippen LogP contribution in [0.2, 0.25) is 0 Å². The van der Waals surface area contributed by atoms with Gasteiger partial charge in [0.25, 0.3) is 0 Å². The van der Waals surface area contributed by atoms with Crippen LogP contribution in [0.15, 0.2) is 6.33 Å². The zero-order chi connectivity index (χ0) is 11.8. The highest BCUT2D eigenvalue weighted by Crippen LogP contribution is 2.02. The van der Waals surface area contributed by atoms with Crippen LogP contribution in [0.3, 0.4) is 0 Å². The van der Waals surface area contributed by atoms with Gasteiger partial charge in [0, 0.05) is 13.6 Å². The summed E-state index contributed by atoms with van der Waals surface area (Å²) in [5, 5.41) is 16.9. The molecule has 0 radical (unpaired) electrons. The van der Waals surface area contributed by atoms with Crippen molar-refractivity contribution < 1.29 is 10.2 Å². The third-order valence-electron chi connectivity index (χ3n) is 1.96. The van der Waals surface area contributed by atoms with Gasteiger partial charge >= 0.3 is 0 Å². The molecule has 0 saturated heterocycles. The molecule has 1 rings (SSSR count). The second kappa shape index (κ2) is 7.39. The van der Waals surface area contributed by atoms with Crippen LogP contribution in [0.5, 0.6) is 0 Å². The Hall–Kier alpha value is -0.910. The number of nitrogens with zero attached hydrogens (tertiary/aromatic N) is 3. The highest BCUT2D eigenvalue weighted by atomic mass is 16.3. The van der Waals surface area contributed by atoms with Gasteiger partial charge in [0.05, 0.1) is 30.9 Å². The summed E-state index contributed by atoms with van der Waals surface area (Å²) in [5.41, 5.74) is 1.79. The standard InChI is InChI=1S/C6H10N2O.C4H11NO/c1-5-6(3-9)8(2)4-7-5;1-5(2)3-4-6/h4,9H,3H2,1-2H3;6H,3-4H2,1-2H3. The minimum absolute atomic E-state index is 0.0718. The van der Waals surface area contributed by atoms with Gasteiger partial charge in [-0.1, -0.05) is 0 Å². The van der Waals surface area contributed by atoms with Crippen molar-refractivity contribution >= 4 is 0 Å². The maximum Gasteiger partial charge on any atom is 0.0949 e. The van der Waals surface area contributed by atoms with Crippen LogP contribution in [0.4, 0.5) is 0 Å². The van der Waals surface area contributed by atoms with E-state index < -0.39 is 0 Å². The smallest absolute Gasteiger partial charge is 0.0949 e. The number of likely N-dealkylation sites (N-methyl/N-ethyl adjacent to an activating group) is 1. The Balaban J connectivity index is 0.000000288. The molecule has 2 N–H and O–H groups in total. The maximum absolute atomic E-state index is 8.73. The Morgan fingerprint density at radius 3 is 2.13 bits per heavy atom. The zero-order valence-electron chi connectivity index (χ0n) is 9.93. The predicted molar refractivity (Wildman–Crippen MR) is 59.5 cm³/mol. The fourth-order valence-electron chi connectivity index (χ4n) is 0.999. The van der Waals surface area contributed by atoms with Gasteiger partial charge in [-0.05, 0) is 21.0 Å². The van der Waals surface area contributed by atoms with Crippen LogP contribution >= 0.6 is 0 Å². The van der Waals surface area contributed by atoms with Gasteiger partial charge in [-0.2, -0.15) is 0 Å². The number of aromatic nitrogens is 2. The Morgan fingerprint density at radius 2 is 2.00 bits per heavy atom. The summed E-state index contributed by atoms with van der Waals surface area (Å²) in [6, 6.07) is 0. The fraction of sp³-hybridized carbons (Fsp3) is 0.700. The summed E-state index contributed by atoms with van der Waals surface area (Å²) >= 11 is 0. The van der Waals surface area contributed by atoms with Crippen LogP contribution in [-0.4, -0.2) is 51.9 Å². The first-order valence-corrected chi connectivity index (χ1v) is 4.86. The third kappa shape index (κ3) is 5.51. The number of hydrogen-bond donors (Lipinski definition) is 2. The van der Waals surface area contributed by atoms with Gasteiger partial charge in [-0.3, -0.25) is 0 Å². The summed E-state index contributed by atoms with van der Waals surface area (Å²) in [5.74, 6) is 0. The van der Waals surface area contributed by atoms with Crippen LogP contribution < -0.4 is 0 Å². The van der Waals surface area contributed by atoms with E-state index in [4.69, 9.17) is 10.2 Å². The third-order valence-corrected chi connectivity index (χ3v) is 1.96. The molecule has 0 bridgehead atoms. The molecule has 1 aromatic heterocycles. The SMILES string of the molecule is CN(C)CCO.Cc1ncn(C)c1CO. The lowest BCUT2D eigenvalue weighted by Crippen LogP contribution is -2.15. The van der Waals surface area contributed by atoms with Crippen LogP contribution in [0, 0.1) is 6.92 Å². The van der Waals surface area contributed by atoms with Crippen molar-refractivity contribution in [3.05, 3.63) is 17.7 Å². The average molecular weight is 215 g/mol. The van der Waals surface area contributed by atoms with Crippen LogP contribution in [0.25, 0.3) is 0 Å². The summed E-state index contributed by atoms with van der Waals surface area (Å²) in [6.45, 7) is 2.97. The van der Waals surface area contributed by atoms with E-state index in [1.165, 1.54) is 0 Å². The van der Waals surface area contributed by atoms with Crippen molar-refractivity contribution in [2.75, 3.05) is 27.2 Å². The molecule has 0 aromatic carbocycles. The van der Waals surface area contributed by atoms with Gasteiger partial charge < -0.3 is 19.7 Å². The summed E-state index contributed by atoms with van der Waals surface area (Å²) in [7, 11) is 5.72. The largest absolute Gasteiger partial charge is 0.395 e. The van der Waals surface area contributed by atoms with Gasteiger partial charge in [0.2, 0.25) is 0 Å². The van der Waals surface area contributed by atoms with E-state index in [1.807, 2.05) is 37.5 Å². The molecule has 0 aliphatic rings. The minimum atomic E-state index is 0.0718. The lowest BCUT2D eigenvalue weighted by molar-refractivity contribution is 0.243. The Morgan fingerprint density at radius 1 is 1.40 bits per heavy atom. The van der Waals surface area contributed by atoms with Gasteiger partial charge in [0.15, 0.2) is 0 Å². The quantitative estimate of drug-likeness (QED) is 0.730.